The lowest BCUT2D eigenvalue weighted by atomic mass is 10.0. The summed E-state index contributed by atoms with van der Waals surface area (Å²) in [4.78, 5) is 22.1. The van der Waals surface area contributed by atoms with Gasteiger partial charge in [0.15, 0.2) is 0 Å². The Hall–Kier alpha value is -0.910. The molecule has 0 saturated heterocycles. The molecule has 5 nitrogen and oxygen atoms in total. The van der Waals surface area contributed by atoms with Crippen LogP contribution in [0.2, 0.25) is 0 Å². The average molecular weight is 221 g/mol. The lowest BCUT2D eigenvalue weighted by Crippen LogP contribution is -2.31. The van der Waals surface area contributed by atoms with Crippen LogP contribution < -0.4 is 4.72 Å². The van der Waals surface area contributed by atoms with Crippen LogP contribution in [0.1, 0.15) is 26.7 Å². The number of ketones is 1. The molecule has 0 bridgehead atoms. The first-order valence-electron chi connectivity index (χ1n) is 4.29. The van der Waals surface area contributed by atoms with Crippen molar-refractivity contribution in [3.05, 3.63) is 0 Å². The molecule has 0 rings (SSSR count). The van der Waals surface area contributed by atoms with Crippen LogP contribution in [0.25, 0.3) is 0 Å². The molecule has 0 aliphatic rings. The number of carbonyl (C=O) groups is 2. The topological polar surface area (TPSA) is 80.3 Å². The van der Waals surface area contributed by atoms with Crippen molar-refractivity contribution in [1.29, 1.82) is 0 Å². The van der Waals surface area contributed by atoms with Crippen molar-refractivity contribution in [3.63, 3.8) is 0 Å². The van der Waals surface area contributed by atoms with E-state index in [9.17, 15) is 18.0 Å². The molecule has 0 saturated carbocycles. The molecule has 14 heavy (non-hydrogen) atoms. The van der Waals surface area contributed by atoms with Gasteiger partial charge >= 0.3 is 0 Å². The van der Waals surface area contributed by atoms with Gasteiger partial charge in [0, 0.05) is 18.8 Å². The largest absolute Gasteiger partial charge is 0.299 e. The fraction of sp³-hybridized carbons (Fsp3) is 0.750. The van der Waals surface area contributed by atoms with E-state index in [1.807, 2.05) is 4.72 Å². The molecule has 0 heterocycles. The number of hydrogen-bond acceptors (Lipinski definition) is 4. The van der Waals surface area contributed by atoms with Crippen molar-refractivity contribution in [2.45, 2.75) is 26.7 Å². The van der Waals surface area contributed by atoms with Gasteiger partial charge in [-0.05, 0) is 0 Å². The fourth-order valence-corrected chi connectivity index (χ4v) is 1.49. The van der Waals surface area contributed by atoms with Crippen LogP contribution in [0.4, 0.5) is 0 Å². The van der Waals surface area contributed by atoms with Crippen molar-refractivity contribution < 1.29 is 18.0 Å². The highest BCUT2D eigenvalue weighted by Crippen LogP contribution is 2.05. The second kappa shape index (κ2) is 5.09. The van der Waals surface area contributed by atoms with Crippen LogP contribution in [-0.4, -0.2) is 26.4 Å². The normalized spacial score (nSPS) is 13.4. The summed E-state index contributed by atoms with van der Waals surface area (Å²) in [5, 5.41) is 0. The molecule has 82 valence electrons. The van der Waals surface area contributed by atoms with E-state index in [0.717, 1.165) is 6.26 Å². The van der Waals surface area contributed by atoms with Crippen molar-refractivity contribution in [2.75, 3.05) is 6.26 Å². The highest BCUT2D eigenvalue weighted by Gasteiger charge is 2.17. The smallest absolute Gasteiger partial charge is 0.234 e. The number of nitrogens with one attached hydrogen (secondary N) is 1. The minimum atomic E-state index is -3.51. The lowest BCUT2D eigenvalue weighted by molar-refractivity contribution is -0.127. The monoisotopic (exact) mass is 221 g/mol. The highest BCUT2D eigenvalue weighted by atomic mass is 32.2. The number of amides is 1. The first-order valence-corrected chi connectivity index (χ1v) is 6.18. The Labute approximate surface area is 83.9 Å². The van der Waals surface area contributed by atoms with Gasteiger partial charge in [0.05, 0.1) is 6.26 Å². The Kier molecular flexibility index (Phi) is 4.76. The molecule has 1 amide bonds. The second-order valence-electron chi connectivity index (χ2n) is 3.22. The maximum atomic E-state index is 11.1. The number of carbonyl (C=O) groups excluding carboxylic acids is 2. The maximum absolute atomic E-state index is 11.1. The van der Waals surface area contributed by atoms with Gasteiger partial charge in [-0.2, -0.15) is 0 Å². The summed E-state index contributed by atoms with van der Waals surface area (Å²) in [6.45, 7) is 3.31. The molecule has 0 spiro atoms. The number of hydrogen-bond donors (Lipinski definition) is 1. The van der Waals surface area contributed by atoms with Crippen molar-refractivity contribution in [3.8, 4) is 0 Å². The molecule has 0 unspecified atom stereocenters. The molecule has 0 fully saturated rings. The number of sulfonamides is 1. The molecule has 1 atom stereocenters. The molecular weight excluding hydrogens is 206 g/mol. The van der Waals surface area contributed by atoms with Crippen molar-refractivity contribution in [1.82, 2.24) is 4.72 Å². The Morgan fingerprint density at radius 1 is 1.36 bits per heavy atom. The summed E-state index contributed by atoms with van der Waals surface area (Å²) in [6, 6.07) is 0. The summed E-state index contributed by atoms with van der Waals surface area (Å²) < 4.78 is 23.1. The number of Topliss-reactive ketones (excluding diaryl/α,β-unsaturated/α-hetero) is 1. The quantitative estimate of drug-likeness (QED) is 0.712. The van der Waals surface area contributed by atoms with E-state index in [1.54, 1.807) is 13.8 Å². The Bertz CT molecular complexity index is 320. The Balaban J connectivity index is 4.14. The van der Waals surface area contributed by atoms with Gasteiger partial charge in [-0.1, -0.05) is 13.8 Å². The molecule has 0 aromatic heterocycles. The molecule has 1 N–H and O–H groups in total. The zero-order valence-corrected chi connectivity index (χ0v) is 9.35. The van der Waals surface area contributed by atoms with E-state index in [-0.39, 0.29) is 12.2 Å². The molecule has 0 aromatic rings. The predicted octanol–water partition coefficient (Wildman–Crippen LogP) is 0.0675. The van der Waals surface area contributed by atoms with Gasteiger partial charge in [-0.15, -0.1) is 0 Å². The van der Waals surface area contributed by atoms with E-state index < -0.39 is 21.8 Å². The van der Waals surface area contributed by atoms with Gasteiger partial charge in [0.2, 0.25) is 15.9 Å². The predicted molar refractivity (Wildman–Crippen MR) is 52.1 cm³/mol. The van der Waals surface area contributed by atoms with Crippen LogP contribution in [0.5, 0.6) is 0 Å². The molecule has 0 radical (unpaired) electrons. The van der Waals surface area contributed by atoms with E-state index in [2.05, 4.69) is 0 Å². The minimum Gasteiger partial charge on any atom is -0.299 e. The summed E-state index contributed by atoms with van der Waals surface area (Å²) in [7, 11) is -3.51. The van der Waals surface area contributed by atoms with E-state index >= 15 is 0 Å². The Morgan fingerprint density at radius 2 is 1.86 bits per heavy atom. The summed E-state index contributed by atoms with van der Waals surface area (Å²) in [6.07, 6.45) is 1.17. The first-order chi connectivity index (χ1) is 6.26. The van der Waals surface area contributed by atoms with Gasteiger partial charge in [0.1, 0.15) is 5.78 Å². The van der Waals surface area contributed by atoms with Crippen molar-refractivity contribution in [2.24, 2.45) is 5.92 Å². The number of rotatable bonds is 5. The third kappa shape index (κ3) is 5.69. The summed E-state index contributed by atoms with van der Waals surface area (Å²) in [5.74, 6) is -1.11. The SMILES string of the molecule is CCC(=O)[C@@H](C)CC(=O)NS(C)(=O)=O. The van der Waals surface area contributed by atoms with Gasteiger partial charge in [-0.25, -0.2) is 8.42 Å². The average Bonchev–Trinajstić information content (AvgIpc) is 1.99. The van der Waals surface area contributed by atoms with Crippen LogP contribution in [0, 0.1) is 5.92 Å². The summed E-state index contributed by atoms with van der Waals surface area (Å²) in [5.41, 5.74) is 0. The Morgan fingerprint density at radius 3 is 2.21 bits per heavy atom. The second-order valence-corrected chi connectivity index (χ2v) is 4.97. The van der Waals surface area contributed by atoms with Gasteiger partial charge in [0.25, 0.3) is 0 Å². The van der Waals surface area contributed by atoms with Crippen LogP contribution >= 0.6 is 0 Å². The first kappa shape index (κ1) is 13.1. The van der Waals surface area contributed by atoms with Crippen LogP contribution in [0.15, 0.2) is 0 Å². The molecule has 6 heteroatoms. The van der Waals surface area contributed by atoms with Gasteiger partial charge in [-0.3, -0.25) is 14.3 Å². The lowest BCUT2D eigenvalue weighted by Gasteiger charge is -2.08. The zero-order valence-electron chi connectivity index (χ0n) is 8.53. The van der Waals surface area contributed by atoms with Crippen LogP contribution in [-0.2, 0) is 19.6 Å². The third-order valence-corrected chi connectivity index (χ3v) is 2.29. The molecular formula is C8H15NO4S. The molecule has 0 aromatic carbocycles. The third-order valence-electron chi connectivity index (χ3n) is 1.69. The standard InChI is InChI=1S/C8H15NO4S/c1-4-7(10)6(2)5-8(11)9-14(3,12)13/h6H,4-5H2,1-3H3,(H,9,11)/t6-/m0/s1. The van der Waals surface area contributed by atoms with E-state index in [1.165, 1.54) is 0 Å². The maximum Gasteiger partial charge on any atom is 0.234 e. The summed E-state index contributed by atoms with van der Waals surface area (Å²) >= 11 is 0. The van der Waals surface area contributed by atoms with E-state index in [4.69, 9.17) is 0 Å². The molecule has 0 aliphatic carbocycles. The fourth-order valence-electron chi connectivity index (χ4n) is 0.989. The highest BCUT2D eigenvalue weighted by molar-refractivity contribution is 7.89. The van der Waals surface area contributed by atoms with E-state index in [0.29, 0.717) is 6.42 Å². The van der Waals surface area contributed by atoms with Crippen LogP contribution in [0.3, 0.4) is 0 Å². The zero-order chi connectivity index (χ0) is 11.4. The molecule has 0 aliphatic heterocycles. The van der Waals surface area contributed by atoms with Gasteiger partial charge < -0.3 is 0 Å². The van der Waals surface area contributed by atoms with Crippen molar-refractivity contribution >= 4 is 21.7 Å². The minimum absolute atomic E-state index is 0.0475.